The van der Waals surface area contributed by atoms with Crippen molar-refractivity contribution in [1.82, 2.24) is 0 Å². The Bertz CT molecular complexity index is 1390. The van der Waals surface area contributed by atoms with Crippen molar-refractivity contribution in [3.8, 4) is 0 Å². The van der Waals surface area contributed by atoms with Gasteiger partial charge in [0.25, 0.3) is 0 Å². The van der Waals surface area contributed by atoms with E-state index in [0.717, 1.165) is 55.6 Å². The molecular formula is C29H39NO5S. The molecule has 0 aliphatic carbocycles. The lowest BCUT2D eigenvalue weighted by Gasteiger charge is -2.30. The zero-order valence-corrected chi connectivity index (χ0v) is 24.4. The molecule has 1 heterocycles. The minimum atomic E-state index is -4.34. The standard InChI is InChI=1S/C29H39NO5S/c1-13-15(3)19(7)23(20(8)16(13)4)26-25(31)27(28(30)34-26)35-36(32,33)29(11,12)24-21(9)17(5)14(2)18(6)22(24)10/h26H,30H2,1-12H3. The lowest BCUT2D eigenvalue weighted by Crippen LogP contribution is -2.34. The largest absolute Gasteiger partial charge is 0.460 e. The van der Waals surface area contributed by atoms with Gasteiger partial charge in [0.15, 0.2) is 6.10 Å². The zero-order chi connectivity index (χ0) is 27.7. The summed E-state index contributed by atoms with van der Waals surface area (Å²) in [6.45, 7) is 22.9. The Morgan fingerprint density at radius 2 is 1.06 bits per heavy atom. The molecule has 0 spiro atoms. The first-order chi connectivity index (χ1) is 16.4. The van der Waals surface area contributed by atoms with Crippen molar-refractivity contribution >= 4 is 15.9 Å². The van der Waals surface area contributed by atoms with E-state index in [1.165, 1.54) is 0 Å². The van der Waals surface area contributed by atoms with Crippen LogP contribution in [0.3, 0.4) is 0 Å². The van der Waals surface area contributed by atoms with Crippen LogP contribution in [-0.4, -0.2) is 14.2 Å². The Morgan fingerprint density at radius 3 is 1.47 bits per heavy atom. The average molecular weight is 514 g/mol. The summed E-state index contributed by atoms with van der Waals surface area (Å²) in [4.78, 5) is 13.5. The van der Waals surface area contributed by atoms with E-state index in [0.29, 0.717) is 11.1 Å². The number of rotatable bonds is 5. The Kier molecular flexibility index (Phi) is 6.90. The van der Waals surface area contributed by atoms with Crippen LogP contribution in [0, 0.1) is 69.2 Å². The molecule has 1 atom stereocenters. The van der Waals surface area contributed by atoms with Crippen molar-refractivity contribution in [3.63, 3.8) is 0 Å². The molecule has 2 N–H and O–H groups in total. The summed E-state index contributed by atoms with van der Waals surface area (Å²) in [5.74, 6) is -1.37. The van der Waals surface area contributed by atoms with Crippen LogP contribution in [0.15, 0.2) is 11.6 Å². The van der Waals surface area contributed by atoms with Crippen LogP contribution in [0.1, 0.15) is 86.7 Å². The Hall–Kier alpha value is -2.80. The number of hydrogen-bond acceptors (Lipinski definition) is 6. The minimum absolute atomic E-state index is 0.316. The fourth-order valence-electron chi connectivity index (χ4n) is 5.41. The Balaban J connectivity index is 2.07. The molecule has 7 heteroatoms. The quantitative estimate of drug-likeness (QED) is 0.506. The van der Waals surface area contributed by atoms with Gasteiger partial charge in [-0.1, -0.05) is 0 Å². The summed E-state index contributed by atoms with van der Waals surface area (Å²) in [6.07, 6.45) is -1.05. The fraction of sp³-hybridized carbons (Fsp3) is 0.483. The first kappa shape index (κ1) is 27.8. The highest BCUT2D eigenvalue weighted by Gasteiger charge is 2.47. The molecule has 0 fully saturated rings. The van der Waals surface area contributed by atoms with E-state index in [2.05, 4.69) is 0 Å². The van der Waals surface area contributed by atoms with E-state index in [4.69, 9.17) is 14.7 Å². The molecular weight excluding hydrogens is 474 g/mol. The van der Waals surface area contributed by atoms with E-state index in [9.17, 15) is 13.2 Å². The van der Waals surface area contributed by atoms with Crippen molar-refractivity contribution in [2.24, 2.45) is 5.73 Å². The van der Waals surface area contributed by atoms with E-state index in [1.807, 2.05) is 69.2 Å². The Labute approximate surface area is 216 Å². The number of hydrogen-bond donors (Lipinski definition) is 1. The average Bonchev–Trinajstić information content (AvgIpc) is 3.06. The smallest absolute Gasteiger partial charge is 0.319 e. The van der Waals surface area contributed by atoms with Crippen molar-refractivity contribution in [1.29, 1.82) is 0 Å². The highest BCUT2D eigenvalue weighted by Crippen LogP contribution is 2.43. The van der Waals surface area contributed by atoms with Crippen LogP contribution in [0.25, 0.3) is 0 Å². The van der Waals surface area contributed by atoms with Gasteiger partial charge in [0.1, 0.15) is 4.75 Å². The summed E-state index contributed by atoms with van der Waals surface area (Å²) in [5.41, 5.74) is 17.5. The molecule has 2 aromatic rings. The van der Waals surface area contributed by atoms with Crippen LogP contribution in [0.2, 0.25) is 0 Å². The first-order valence-electron chi connectivity index (χ1n) is 12.2. The van der Waals surface area contributed by atoms with Crippen molar-refractivity contribution in [3.05, 3.63) is 78.4 Å². The number of carbonyl (C=O) groups excluding carboxylic acids is 1. The van der Waals surface area contributed by atoms with E-state index >= 15 is 0 Å². The van der Waals surface area contributed by atoms with Crippen LogP contribution in [-0.2, 0) is 28.6 Å². The van der Waals surface area contributed by atoms with Gasteiger partial charge >= 0.3 is 10.1 Å². The second kappa shape index (κ2) is 8.94. The molecule has 0 saturated heterocycles. The Morgan fingerprint density at radius 1 is 0.694 bits per heavy atom. The molecule has 2 aromatic carbocycles. The van der Waals surface area contributed by atoms with Gasteiger partial charge in [-0.25, -0.2) is 0 Å². The normalized spacial score (nSPS) is 16.6. The SMILES string of the molecule is Cc1c(C)c(C)c(C2OC(N)=C(OS(=O)(=O)C(C)(C)c3c(C)c(C)c(C)c(C)c3C)C2=O)c(C)c1C. The molecule has 0 aromatic heterocycles. The van der Waals surface area contributed by atoms with Gasteiger partial charge in [-0.15, -0.1) is 0 Å². The van der Waals surface area contributed by atoms with Gasteiger partial charge in [0.2, 0.25) is 17.4 Å². The minimum Gasteiger partial charge on any atom is -0.460 e. The number of ketones is 1. The third-order valence-electron chi connectivity index (χ3n) is 8.67. The van der Waals surface area contributed by atoms with Gasteiger partial charge < -0.3 is 14.7 Å². The molecule has 196 valence electrons. The van der Waals surface area contributed by atoms with Crippen molar-refractivity contribution in [2.75, 3.05) is 0 Å². The molecule has 1 aliphatic rings. The van der Waals surface area contributed by atoms with E-state index in [1.54, 1.807) is 13.8 Å². The maximum atomic E-state index is 13.7. The predicted octanol–water partition coefficient (Wildman–Crippen LogP) is 5.82. The molecule has 0 bridgehead atoms. The fourth-order valence-corrected chi connectivity index (χ4v) is 6.56. The van der Waals surface area contributed by atoms with Gasteiger partial charge in [0, 0.05) is 5.56 Å². The highest BCUT2D eigenvalue weighted by molar-refractivity contribution is 7.87. The van der Waals surface area contributed by atoms with Crippen LogP contribution in [0.5, 0.6) is 0 Å². The zero-order valence-electron chi connectivity index (χ0n) is 23.6. The summed E-state index contributed by atoms with van der Waals surface area (Å²) in [6, 6.07) is 0. The van der Waals surface area contributed by atoms with Crippen LogP contribution < -0.4 is 5.73 Å². The number of nitrogens with two attached hydrogens (primary N) is 1. The molecule has 0 amide bonds. The topological polar surface area (TPSA) is 95.7 Å². The molecule has 0 saturated carbocycles. The van der Waals surface area contributed by atoms with Gasteiger partial charge in [0.05, 0.1) is 0 Å². The van der Waals surface area contributed by atoms with E-state index < -0.39 is 32.5 Å². The molecule has 6 nitrogen and oxygen atoms in total. The maximum absolute atomic E-state index is 13.7. The van der Waals surface area contributed by atoms with Gasteiger partial charge in [-0.3, -0.25) is 4.79 Å². The molecule has 0 radical (unpaired) electrons. The second-order valence-electron chi connectivity index (χ2n) is 10.6. The number of carbonyl (C=O) groups is 1. The summed E-state index contributed by atoms with van der Waals surface area (Å²) >= 11 is 0. The summed E-state index contributed by atoms with van der Waals surface area (Å²) < 4.78 is 37.3. The molecule has 1 unspecified atom stereocenters. The number of benzene rings is 2. The molecule has 3 rings (SSSR count). The predicted molar refractivity (Wildman–Crippen MR) is 143 cm³/mol. The third-order valence-corrected chi connectivity index (χ3v) is 10.5. The first-order valence-corrected chi connectivity index (χ1v) is 13.6. The molecule has 36 heavy (non-hydrogen) atoms. The monoisotopic (exact) mass is 513 g/mol. The van der Waals surface area contributed by atoms with Crippen molar-refractivity contribution < 1.29 is 22.1 Å². The van der Waals surface area contributed by atoms with Crippen LogP contribution in [0.4, 0.5) is 0 Å². The lowest BCUT2D eigenvalue weighted by molar-refractivity contribution is -0.123. The maximum Gasteiger partial charge on any atom is 0.319 e. The lowest BCUT2D eigenvalue weighted by atomic mass is 9.84. The summed E-state index contributed by atoms with van der Waals surface area (Å²) in [7, 11) is -4.34. The number of Topliss-reactive ketones (excluding diaryl/α,β-unsaturated/α-hetero) is 1. The second-order valence-corrected chi connectivity index (χ2v) is 12.7. The van der Waals surface area contributed by atoms with Gasteiger partial charge in [-0.05, 0) is 144 Å². The van der Waals surface area contributed by atoms with Crippen LogP contribution >= 0.6 is 0 Å². The highest BCUT2D eigenvalue weighted by atomic mass is 32.2. The van der Waals surface area contributed by atoms with Crippen molar-refractivity contribution in [2.45, 2.75) is 93.9 Å². The van der Waals surface area contributed by atoms with Gasteiger partial charge in [-0.2, -0.15) is 8.42 Å². The van der Waals surface area contributed by atoms with E-state index in [-0.39, 0.29) is 5.88 Å². The summed E-state index contributed by atoms with van der Waals surface area (Å²) in [5, 5.41) is 0. The molecule has 1 aliphatic heterocycles. The third kappa shape index (κ3) is 3.92. The number of ether oxygens (including phenoxy) is 1.